The maximum Gasteiger partial charge on any atom is 0.233 e. The minimum atomic E-state index is 0.752. The Bertz CT molecular complexity index is 834. The van der Waals surface area contributed by atoms with Crippen molar-refractivity contribution < 1.29 is 4.90 Å². The summed E-state index contributed by atoms with van der Waals surface area (Å²) in [5.41, 5.74) is 7.54. The summed E-state index contributed by atoms with van der Waals surface area (Å²) >= 11 is 1.65. The summed E-state index contributed by atoms with van der Waals surface area (Å²) in [7, 11) is 0. The molecule has 4 rings (SSSR count). The molecule has 24 heavy (non-hydrogen) atoms. The molecular weight excluding hydrogens is 322 g/mol. The van der Waals surface area contributed by atoms with E-state index in [1.165, 1.54) is 0 Å². The van der Waals surface area contributed by atoms with E-state index in [0.29, 0.717) is 0 Å². The second-order valence-corrected chi connectivity index (χ2v) is 6.77. The van der Waals surface area contributed by atoms with Crippen molar-refractivity contribution in [3.05, 3.63) is 60.4 Å². The summed E-state index contributed by atoms with van der Waals surface area (Å²) in [6, 6.07) is 9.84. The van der Waals surface area contributed by atoms with Gasteiger partial charge in [-0.1, -0.05) is 0 Å². The van der Waals surface area contributed by atoms with Crippen molar-refractivity contribution in [1.82, 2.24) is 14.5 Å². The molecule has 1 atom stereocenters. The van der Waals surface area contributed by atoms with Crippen molar-refractivity contribution in [3.63, 3.8) is 0 Å². The number of nitrogens with one attached hydrogen (secondary N) is 3. The van der Waals surface area contributed by atoms with E-state index in [1.54, 1.807) is 11.9 Å². The van der Waals surface area contributed by atoms with Crippen molar-refractivity contribution in [1.29, 1.82) is 0 Å². The lowest BCUT2D eigenvalue weighted by Crippen LogP contribution is -3.10. The van der Waals surface area contributed by atoms with E-state index in [9.17, 15) is 0 Å². The third kappa shape index (κ3) is 3.01. The van der Waals surface area contributed by atoms with E-state index in [4.69, 9.17) is 5.73 Å². The molecule has 5 N–H and O–H groups in total. The first-order chi connectivity index (χ1) is 11.7. The first kappa shape index (κ1) is 14.9. The number of amidine groups is 1. The summed E-state index contributed by atoms with van der Waals surface area (Å²) in [5.74, 6) is 2.84. The second-order valence-electron chi connectivity index (χ2n) is 5.64. The molecule has 0 fully saturated rings. The van der Waals surface area contributed by atoms with Gasteiger partial charge in [-0.25, -0.2) is 9.89 Å². The molecular formula is C16H18N7S+. The van der Waals surface area contributed by atoms with E-state index in [1.807, 2.05) is 49.7 Å². The lowest BCUT2D eigenvalue weighted by molar-refractivity contribution is -0.699. The minimum absolute atomic E-state index is 0.752. The SMILES string of the molecule is Cc1cc(NC2=CN(Sc3ccc(N)cc3)CC3=NC=C[NH+]23)n[nH]1. The Morgan fingerprint density at radius 3 is 2.92 bits per heavy atom. The minimum Gasteiger partial charge on any atom is -0.399 e. The normalized spacial score (nSPS) is 19.0. The Balaban J connectivity index is 1.57. The Morgan fingerprint density at radius 1 is 1.33 bits per heavy atom. The fourth-order valence-corrected chi connectivity index (χ4v) is 3.46. The van der Waals surface area contributed by atoms with Gasteiger partial charge in [0.05, 0.1) is 12.4 Å². The molecule has 1 aromatic heterocycles. The zero-order chi connectivity index (χ0) is 16.5. The molecule has 0 spiro atoms. The van der Waals surface area contributed by atoms with E-state index in [2.05, 4.69) is 31.0 Å². The van der Waals surface area contributed by atoms with Crippen LogP contribution >= 0.6 is 11.9 Å². The standard InChI is InChI=1S/C16H17N7S/c1-11-8-14(21-20-11)19-16-10-22(9-15-18-6-7-23(15)16)24-13-4-2-12(17)3-5-13/h2-8,10H,9,17H2,1H3,(H2,19,20,21)/p+1. The maximum absolute atomic E-state index is 5.75. The molecule has 8 heteroatoms. The fraction of sp³-hybridized carbons (Fsp3) is 0.125. The first-order valence-corrected chi connectivity index (χ1v) is 8.37. The molecule has 0 saturated heterocycles. The predicted molar refractivity (Wildman–Crippen MR) is 96.0 cm³/mol. The number of benzene rings is 1. The molecule has 2 aliphatic rings. The number of rotatable bonds is 4. The topological polar surface area (TPSA) is 86.8 Å². The van der Waals surface area contributed by atoms with Crippen molar-refractivity contribution >= 4 is 29.3 Å². The lowest BCUT2D eigenvalue weighted by atomic mass is 10.3. The van der Waals surface area contributed by atoms with Gasteiger partial charge in [0, 0.05) is 22.3 Å². The van der Waals surface area contributed by atoms with Gasteiger partial charge in [-0.3, -0.25) is 14.7 Å². The third-order valence-electron chi connectivity index (χ3n) is 3.72. The van der Waals surface area contributed by atoms with Gasteiger partial charge in [0.25, 0.3) is 0 Å². The summed E-state index contributed by atoms with van der Waals surface area (Å²) in [5, 5.41) is 10.6. The molecule has 2 aromatic rings. The molecule has 7 nitrogen and oxygen atoms in total. The predicted octanol–water partition coefficient (Wildman–Crippen LogP) is 1.30. The van der Waals surface area contributed by atoms with Crippen LogP contribution in [0.5, 0.6) is 0 Å². The number of anilines is 2. The molecule has 0 radical (unpaired) electrons. The highest BCUT2D eigenvalue weighted by molar-refractivity contribution is 7.97. The molecule has 1 aromatic carbocycles. The van der Waals surface area contributed by atoms with Crippen molar-refractivity contribution in [2.45, 2.75) is 11.8 Å². The summed E-state index contributed by atoms with van der Waals surface area (Å²) in [6.45, 7) is 2.73. The van der Waals surface area contributed by atoms with Gasteiger partial charge in [0.2, 0.25) is 11.7 Å². The van der Waals surface area contributed by atoms with Gasteiger partial charge in [-0.2, -0.15) is 5.10 Å². The summed E-state index contributed by atoms with van der Waals surface area (Å²) in [6.07, 6.45) is 5.96. The number of aromatic nitrogens is 2. The molecule has 0 amide bonds. The summed E-state index contributed by atoms with van der Waals surface area (Å²) in [4.78, 5) is 6.72. The van der Waals surface area contributed by atoms with Crippen LogP contribution in [0.4, 0.5) is 11.5 Å². The quantitative estimate of drug-likeness (QED) is 0.498. The Morgan fingerprint density at radius 2 is 2.17 bits per heavy atom. The van der Waals surface area contributed by atoms with Crippen molar-refractivity contribution in [2.24, 2.45) is 4.99 Å². The van der Waals surface area contributed by atoms with Gasteiger partial charge >= 0.3 is 0 Å². The molecule has 2 aliphatic heterocycles. The molecule has 3 heterocycles. The van der Waals surface area contributed by atoms with Crippen LogP contribution in [0.1, 0.15) is 5.69 Å². The number of hydrogen-bond donors (Lipinski definition) is 4. The monoisotopic (exact) mass is 340 g/mol. The van der Waals surface area contributed by atoms with Gasteiger partial charge in [-0.15, -0.1) is 0 Å². The number of hydrogen-bond acceptors (Lipinski definition) is 6. The zero-order valence-electron chi connectivity index (χ0n) is 13.2. The number of nitrogens with two attached hydrogens (primary N) is 1. The first-order valence-electron chi connectivity index (χ1n) is 7.59. The molecule has 0 saturated carbocycles. The number of fused-ring (bicyclic) bond motifs is 1. The molecule has 122 valence electrons. The Kier molecular flexibility index (Phi) is 3.75. The smallest absolute Gasteiger partial charge is 0.233 e. The van der Waals surface area contributed by atoms with Gasteiger partial charge < -0.3 is 5.73 Å². The van der Waals surface area contributed by atoms with Crippen LogP contribution in [0.2, 0.25) is 0 Å². The zero-order valence-corrected chi connectivity index (χ0v) is 14.0. The van der Waals surface area contributed by atoms with Crippen LogP contribution in [-0.4, -0.2) is 26.9 Å². The van der Waals surface area contributed by atoms with Crippen LogP contribution in [-0.2, 0) is 0 Å². The number of aromatic amines is 1. The number of nitrogens with zero attached hydrogens (tertiary/aromatic N) is 3. The largest absolute Gasteiger partial charge is 0.399 e. The lowest BCUT2D eigenvalue weighted by Gasteiger charge is -2.27. The van der Waals surface area contributed by atoms with Crippen molar-refractivity contribution in [2.75, 3.05) is 17.6 Å². The highest BCUT2D eigenvalue weighted by Crippen LogP contribution is 2.25. The number of H-pyrrole nitrogens is 1. The van der Waals surface area contributed by atoms with Crippen molar-refractivity contribution in [3.8, 4) is 0 Å². The van der Waals surface area contributed by atoms with Gasteiger partial charge in [0.1, 0.15) is 12.7 Å². The Labute approximate surface area is 144 Å². The average molecular weight is 340 g/mol. The van der Waals surface area contributed by atoms with Gasteiger partial charge in [-0.05, 0) is 43.1 Å². The molecule has 0 bridgehead atoms. The van der Waals surface area contributed by atoms with Crippen LogP contribution < -0.4 is 16.0 Å². The number of nitrogen functional groups attached to an aromatic ring is 1. The fourth-order valence-electron chi connectivity index (χ4n) is 2.59. The molecule has 1 unspecified atom stereocenters. The van der Waals surface area contributed by atoms with E-state index < -0.39 is 0 Å². The van der Waals surface area contributed by atoms with Gasteiger partial charge in [0.15, 0.2) is 5.82 Å². The second kappa shape index (κ2) is 6.06. The van der Waals surface area contributed by atoms with E-state index in [-0.39, 0.29) is 0 Å². The van der Waals surface area contributed by atoms with Crippen LogP contribution in [0.25, 0.3) is 0 Å². The third-order valence-corrected chi connectivity index (χ3v) is 4.67. The number of aliphatic imine (C=N–C) groups is 1. The van der Waals surface area contributed by atoms with E-state index >= 15 is 0 Å². The van der Waals surface area contributed by atoms with Crippen LogP contribution in [0, 0.1) is 6.92 Å². The Hall–Kier alpha value is -2.71. The van der Waals surface area contributed by atoms with E-state index in [0.717, 1.165) is 45.2 Å². The number of aryl methyl sites for hydroxylation is 1. The maximum atomic E-state index is 5.75. The number of quaternary nitrogens is 1. The summed E-state index contributed by atoms with van der Waals surface area (Å²) < 4.78 is 2.16. The van der Waals surface area contributed by atoms with Crippen LogP contribution in [0.15, 0.2) is 64.6 Å². The van der Waals surface area contributed by atoms with Crippen LogP contribution in [0.3, 0.4) is 0 Å². The average Bonchev–Trinajstić information content (AvgIpc) is 3.19. The molecule has 0 aliphatic carbocycles. The highest BCUT2D eigenvalue weighted by Gasteiger charge is 2.31. The highest BCUT2D eigenvalue weighted by atomic mass is 32.2.